The Kier molecular flexibility index (Phi) is 8.48. The fourth-order valence-electron chi connectivity index (χ4n) is 3.41. The van der Waals surface area contributed by atoms with Crippen molar-refractivity contribution >= 4 is 35.0 Å². The van der Waals surface area contributed by atoms with Crippen LogP contribution < -0.4 is 0 Å². The van der Waals surface area contributed by atoms with Gasteiger partial charge in [-0.15, -0.1) is 11.8 Å². The summed E-state index contributed by atoms with van der Waals surface area (Å²) in [5.41, 5.74) is 3.51. The lowest BCUT2D eigenvalue weighted by molar-refractivity contribution is 0.167. The smallest absolute Gasteiger partial charge is 0.228 e. The normalized spacial score (nSPS) is 12.5. The van der Waals surface area contributed by atoms with Gasteiger partial charge in [-0.2, -0.15) is 0 Å². The Labute approximate surface area is 197 Å². The van der Waals surface area contributed by atoms with E-state index in [1.54, 1.807) is 30.0 Å². The number of aryl methyl sites for hydroxylation is 2. The SMILES string of the molecule is Cc1cc(C(O)CCc2nc(-c3ccc(Cl)cc3Cl)oc2C(C)C)ccc1SCCO. The van der Waals surface area contributed by atoms with Crippen molar-refractivity contribution in [3.63, 3.8) is 0 Å². The van der Waals surface area contributed by atoms with Gasteiger partial charge in [-0.1, -0.05) is 49.2 Å². The van der Waals surface area contributed by atoms with E-state index in [0.717, 1.165) is 27.5 Å². The van der Waals surface area contributed by atoms with E-state index in [1.165, 1.54) is 0 Å². The average molecular weight is 480 g/mol. The lowest BCUT2D eigenvalue weighted by Crippen LogP contribution is -2.03. The van der Waals surface area contributed by atoms with Crippen molar-refractivity contribution in [1.29, 1.82) is 0 Å². The van der Waals surface area contributed by atoms with Crippen LogP contribution in [0, 0.1) is 6.92 Å². The van der Waals surface area contributed by atoms with Gasteiger partial charge in [0.05, 0.1) is 29.0 Å². The van der Waals surface area contributed by atoms with Crippen LogP contribution in [0.1, 0.15) is 54.9 Å². The first-order valence-corrected chi connectivity index (χ1v) is 12.0. The molecule has 0 bridgehead atoms. The minimum atomic E-state index is -0.602. The van der Waals surface area contributed by atoms with Gasteiger partial charge >= 0.3 is 0 Å². The van der Waals surface area contributed by atoms with E-state index in [4.69, 9.17) is 37.7 Å². The summed E-state index contributed by atoms with van der Waals surface area (Å²) in [5.74, 6) is 2.09. The molecule has 0 spiro atoms. The van der Waals surface area contributed by atoms with Crippen molar-refractivity contribution in [2.24, 2.45) is 0 Å². The Morgan fingerprint density at radius 3 is 2.55 bits per heavy atom. The van der Waals surface area contributed by atoms with E-state index in [2.05, 4.69) is 13.8 Å². The lowest BCUT2D eigenvalue weighted by atomic mass is 10.00. The molecule has 0 saturated carbocycles. The van der Waals surface area contributed by atoms with Gasteiger partial charge in [0.15, 0.2) is 0 Å². The largest absolute Gasteiger partial charge is 0.441 e. The second-order valence-electron chi connectivity index (χ2n) is 7.76. The number of hydrogen-bond donors (Lipinski definition) is 2. The van der Waals surface area contributed by atoms with Gasteiger partial charge in [-0.05, 0) is 55.2 Å². The molecule has 0 radical (unpaired) electrons. The Balaban J connectivity index is 1.76. The van der Waals surface area contributed by atoms with Crippen LogP contribution in [0.5, 0.6) is 0 Å². The molecule has 1 atom stereocenters. The number of nitrogens with zero attached hydrogens (tertiary/aromatic N) is 1. The molecule has 0 amide bonds. The Hall–Kier alpha value is -1.50. The van der Waals surface area contributed by atoms with Crippen molar-refractivity contribution in [3.8, 4) is 11.5 Å². The maximum absolute atomic E-state index is 10.8. The highest BCUT2D eigenvalue weighted by molar-refractivity contribution is 7.99. The van der Waals surface area contributed by atoms with Gasteiger partial charge < -0.3 is 14.6 Å². The van der Waals surface area contributed by atoms with Crippen molar-refractivity contribution < 1.29 is 14.6 Å². The quantitative estimate of drug-likeness (QED) is 0.329. The number of oxazole rings is 1. The van der Waals surface area contributed by atoms with Crippen molar-refractivity contribution in [2.45, 2.75) is 50.5 Å². The second-order valence-corrected chi connectivity index (χ2v) is 9.74. The summed E-state index contributed by atoms with van der Waals surface area (Å²) < 4.78 is 6.05. The zero-order valence-corrected chi connectivity index (χ0v) is 20.2. The molecule has 2 N–H and O–H groups in total. The third-order valence-electron chi connectivity index (χ3n) is 5.00. The zero-order valence-electron chi connectivity index (χ0n) is 17.9. The molecule has 3 rings (SSSR count). The van der Waals surface area contributed by atoms with Crippen LogP contribution in [0.25, 0.3) is 11.5 Å². The fraction of sp³-hybridized carbons (Fsp3) is 0.375. The number of aliphatic hydroxyl groups excluding tert-OH is 2. The number of aromatic nitrogens is 1. The van der Waals surface area contributed by atoms with Crippen LogP contribution in [0.3, 0.4) is 0 Å². The summed E-state index contributed by atoms with van der Waals surface area (Å²) in [7, 11) is 0. The molecule has 3 aromatic rings. The third-order valence-corrected chi connectivity index (χ3v) is 6.70. The Morgan fingerprint density at radius 2 is 1.90 bits per heavy atom. The van der Waals surface area contributed by atoms with Crippen molar-refractivity contribution in [2.75, 3.05) is 12.4 Å². The highest BCUT2D eigenvalue weighted by atomic mass is 35.5. The molecule has 0 aliphatic carbocycles. The summed E-state index contributed by atoms with van der Waals surface area (Å²) in [6.07, 6.45) is 0.515. The minimum Gasteiger partial charge on any atom is -0.441 e. The van der Waals surface area contributed by atoms with E-state index in [1.807, 2.05) is 25.1 Å². The predicted molar refractivity (Wildman–Crippen MR) is 128 cm³/mol. The van der Waals surface area contributed by atoms with Gasteiger partial charge in [0, 0.05) is 21.6 Å². The average Bonchev–Trinajstić information content (AvgIpc) is 3.15. The van der Waals surface area contributed by atoms with Crippen LogP contribution in [-0.4, -0.2) is 27.6 Å². The first-order valence-electron chi connectivity index (χ1n) is 10.3. The van der Waals surface area contributed by atoms with Crippen LogP contribution in [0.4, 0.5) is 0 Å². The molecule has 0 saturated heterocycles. The second kappa shape index (κ2) is 10.9. The molecule has 1 heterocycles. The van der Waals surface area contributed by atoms with E-state index < -0.39 is 6.10 Å². The molecule has 7 heteroatoms. The van der Waals surface area contributed by atoms with E-state index in [9.17, 15) is 5.11 Å². The third kappa shape index (κ3) is 6.05. The lowest BCUT2D eigenvalue weighted by Gasteiger charge is -2.13. The summed E-state index contributed by atoms with van der Waals surface area (Å²) >= 11 is 13.9. The number of hydrogen-bond acceptors (Lipinski definition) is 5. The fourth-order valence-corrected chi connectivity index (χ4v) is 4.66. The zero-order chi connectivity index (χ0) is 22.5. The molecule has 0 fully saturated rings. The molecular formula is C24H27Cl2NO3S. The number of benzene rings is 2. The van der Waals surface area contributed by atoms with Crippen LogP contribution >= 0.6 is 35.0 Å². The minimum absolute atomic E-state index is 0.146. The Bertz CT molecular complexity index is 1040. The molecule has 0 aliphatic heterocycles. The van der Waals surface area contributed by atoms with Crippen LogP contribution in [0.2, 0.25) is 10.0 Å². The van der Waals surface area contributed by atoms with Gasteiger partial charge in [0.1, 0.15) is 5.76 Å². The number of halogens is 2. The topological polar surface area (TPSA) is 66.5 Å². The first kappa shape index (κ1) is 24.1. The summed E-state index contributed by atoms with van der Waals surface area (Å²) in [5, 5.41) is 20.8. The molecule has 31 heavy (non-hydrogen) atoms. The number of aliphatic hydroxyl groups is 2. The molecule has 0 aliphatic rings. The molecule has 1 aromatic heterocycles. The summed E-state index contributed by atoms with van der Waals surface area (Å²) in [6.45, 7) is 6.28. The van der Waals surface area contributed by atoms with Gasteiger partial charge in [-0.25, -0.2) is 4.98 Å². The Morgan fingerprint density at radius 1 is 1.13 bits per heavy atom. The van der Waals surface area contributed by atoms with Crippen LogP contribution in [-0.2, 0) is 6.42 Å². The number of thioether (sulfide) groups is 1. The maximum Gasteiger partial charge on any atom is 0.228 e. The molecule has 2 aromatic carbocycles. The standard InChI is InChI=1S/C24H27Cl2NO3S/c1-14(2)23-20(27-24(30-23)18-6-5-17(25)13-19(18)26)7-8-21(29)16-4-9-22(15(3)12-16)31-11-10-28/h4-6,9,12-14,21,28-29H,7-8,10-11H2,1-3H3. The molecular weight excluding hydrogens is 453 g/mol. The van der Waals surface area contributed by atoms with E-state index in [0.29, 0.717) is 40.1 Å². The molecule has 1 unspecified atom stereocenters. The molecule has 4 nitrogen and oxygen atoms in total. The van der Waals surface area contributed by atoms with Gasteiger partial charge in [0.2, 0.25) is 5.89 Å². The van der Waals surface area contributed by atoms with Crippen molar-refractivity contribution in [3.05, 3.63) is 69.0 Å². The van der Waals surface area contributed by atoms with Gasteiger partial charge in [-0.3, -0.25) is 0 Å². The predicted octanol–water partition coefficient (Wildman–Crippen LogP) is 6.83. The van der Waals surface area contributed by atoms with E-state index >= 15 is 0 Å². The van der Waals surface area contributed by atoms with Gasteiger partial charge in [0.25, 0.3) is 0 Å². The first-order chi connectivity index (χ1) is 14.8. The highest BCUT2D eigenvalue weighted by Gasteiger charge is 2.20. The number of rotatable bonds is 9. The van der Waals surface area contributed by atoms with Crippen LogP contribution in [0.15, 0.2) is 45.7 Å². The maximum atomic E-state index is 10.8. The van der Waals surface area contributed by atoms with Crippen molar-refractivity contribution in [1.82, 2.24) is 4.98 Å². The van der Waals surface area contributed by atoms with E-state index in [-0.39, 0.29) is 12.5 Å². The monoisotopic (exact) mass is 479 g/mol. The molecule has 166 valence electrons. The summed E-state index contributed by atoms with van der Waals surface area (Å²) in [4.78, 5) is 5.81. The summed E-state index contributed by atoms with van der Waals surface area (Å²) in [6, 6.07) is 11.2. The highest BCUT2D eigenvalue weighted by Crippen LogP contribution is 2.34.